The van der Waals surface area contributed by atoms with E-state index >= 15 is 0 Å². The summed E-state index contributed by atoms with van der Waals surface area (Å²) in [6, 6.07) is 2.10. The average molecular weight is 253 g/mol. The lowest BCUT2D eigenvalue weighted by Crippen LogP contribution is -2.23. The van der Waals surface area contributed by atoms with Crippen molar-refractivity contribution >= 4 is 0 Å². The summed E-state index contributed by atoms with van der Waals surface area (Å²) in [4.78, 5) is 0. The summed E-state index contributed by atoms with van der Waals surface area (Å²) in [5.41, 5.74) is 0.854. The summed E-state index contributed by atoms with van der Waals surface area (Å²) in [7, 11) is 1.74. The van der Waals surface area contributed by atoms with Crippen LogP contribution in [0.25, 0.3) is 0 Å². The Bertz CT molecular complexity index is 471. The lowest BCUT2D eigenvalue weighted by molar-refractivity contribution is 0.168. The molecule has 98 valence electrons. The molecule has 0 bridgehead atoms. The molecule has 2 rings (SSSR count). The standard InChI is InChI=1S/C14H17F2NO/c1-9-7-10(12(16)8-11(9)15)14(17-2)13-5-3-4-6-18-13/h5,7-8,14,17H,3-4,6H2,1-2H3. The Labute approximate surface area is 106 Å². The number of ether oxygens (including phenoxy) is 1. The number of aryl methyl sites for hydroxylation is 1. The molecule has 18 heavy (non-hydrogen) atoms. The van der Waals surface area contributed by atoms with Crippen molar-refractivity contribution in [1.82, 2.24) is 5.32 Å². The van der Waals surface area contributed by atoms with Gasteiger partial charge in [0.05, 0.1) is 12.6 Å². The van der Waals surface area contributed by atoms with Crippen LogP contribution in [0.4, 0.5) is 8.78 Å². The van der Waals surface area contributed by atoms with Gasteiger partial charge >= 0.3 is 0 Å². The molecular weight excluding hydrogens is 236 g/mol. The molecule has 4 heteroatoms. The van der Waals surface area contributed by atoms with Gasteiger partial charge in [-0.3, -0.25) is 0 Å². The summed E-state index contributed by atoms with van der Waals surface area (Å²) >= 11 is 0. The minimum Gasteiger partial charge on any atom is -0.496 e. The van der Waals surface area contributed by atoms with Gasteiger partial charge in [-0.2, -0.15) is 0 Å². The Hall–Kier alpha value is -1.42. The smallest absolute Gasteiger partial charge is 0.131 e. The van der Waals surface area contributed by atoms with E-state index in [1.165, 1.54) is 6.07 Å². The van der Waals surface area contributed by atoms with Gasteiger partial charge in [0.1, 0.15) is 17.4 Å². The quantitative estimate of drug-likeness (QED) is 0.893. The highest BCUT2D eigenvalue weighted by Gasteiger charge is 2.22. The number of hydrogen-bond donors (Lipinski definition) is 1. The van der Waals surface area contributed by atoms with Crippen molar-refractivity contribution in [3.63, 3.8) is 0 Å². The van der Waals surface area contributed by atoms with Gasteiger partial charge in [-0.05, 0) is 44.5 Å². The Morgan fingerprint density at radius 3 is 2.67 bits per heavy atom. The van der Waals surface area contributed by atoms with Crippen LogP contribution in [-0.4, -0.2) is 13.7 Å². The molecule has 0 spiro atoms. The molecular formula is C14H17F2NO. The fourth-order valence-corrected chi connectivity index (χ4v) is 2.13. The first-order chi connectivity index (χ1) is 8.63. The number of hydrogen-bond acceptors (Lipinski definition) is 2. The van der Waals surface area contributed by atoms with Crippen molar-refractivity contribution in [2.24, 2.45) is 0 Å². The highest BCUT2D eigenvalue weighted by Crippen LogP contribution is 2.29. The van der Waals surface area contributed by atoms with Gasteiger partial charge in [0.2, 0.25) is 0 Å². The Kier molecular flexibility index (Phi) is 3.97. The van der Waals surface area contributed by atoms with Gasteiger partial charge in [-0.15, -0.1) is 0 Å². The van der Waals surface area contributed by atoms with Gasteiger partial charge in [0, 0.05) is 11.6 Å². The van der Waals surface area contributed by atoms with Crippen molar-refractivity contribution in [1.29, 1.82) is 0 Å². The number of allylic oxidation sites excluding steroid dienone is 1. The maximum atomic E-state index is 13.9. The molecule has 0 aliphatic carbocycles. The number of benzene rings is 1. The van der Waals surface area contributed by atoms with E-state index in [1.54, 1.807) is 14.0 Å². The zero-order valence-corrected chi connectivity index (χ0v) is 10.6. The van der Waals surface area contributed by atoms with Crippen molar-refractivity contribution in [2.45, 2.75) is 25.8 Å². The molecule has 0 saturated carbocycles. The number of halogens is 2. The van der Waals surface area contributed by atoms with Crippen molar-refractivity contribution in [3.05, 3.63) is 46.7 Å². The van der Waals surface area contributed by atoms with Gasteiger partial charge in [-0.1, -0.05) is 0 Å². The molecule has 1 aliphatic rings. The molecule has 1 aliphatic heterocycles. The first-order valence-electron chi connectivity index (χ1n) is 6.09. The molecule has 2 nitrogen and oxygen atoms in total. The van der Waals surface area contributed by atoms with E-state index in [2.05, 4.69) is 5.32 Å². The van der Waals surface area contributed by atoms with E-state index in [-0.39, 0.29) is 6.04 Å². The minimum absolute atomic E-state index is 0.357. The molecule has 0 fully saturated rings. The number of rotatable bonds is 3. The third-order valence-electron chi connectivity index (χ3n) is 3.12. The maximum Gasteiger partial charge on any atom is 0.131 e. The van der Waals surface area contributed by atoms with Crippen LogP contribution in [-0.2, 0) is 4.74 Å². The van der Waals surface area contributed by atoms with Gasteiger partial charge < -0.3 is 10.1 Å². The van der Waals surface area contributed by atoms with Crippen LogP contribution >= 0.6 is 0 Å². The molecule has 1 N–H and O–H groups in total. The first-order valence-corrected chi connectivity index (χ1v) is 6.09. The predicted octanol–water partition coefficient (Wildman–Crippen LogP) is 3.23. The van der Waals surface area contributed by atoms with Crippen LogP contribution in [0.1, 0.15) is 30.0 Å². The third kappa shape index (κ3) is 2.53. The number of nitrogens with one attached hydrogen (secondary N) is 1. The first kappa shape index (κ1) is 13.0. The van der Waals surface area contributed by atoms with Crippen LogP contribution in [0.15, 0.2) is 24.0 Å². The molecule has 0 radical (unpaired) electrons. The molecule has 0 aromatic heterocycles. The highest BCUT2D eigenvalue weighted by atomic mass is 19.1. The summed E-state index contributed by atoms with van der Waals surface area (Å²) in [6.45, 7) is 2.27. The zero-order chi connectivity index (χ0) is 13.1. The summed E-state index contributed by atoms with van der Waals surface area (Å²) < 4.78 is 32.7. The predicted molar refractivity (Wildman–Crippen MR) is 66.2 cm³/mol. The average Bonchev–Trinajstić information content (AvgIpc) is 2.38. The second kappa shape index (κ2) is 5.48. The largest absolute Gasteiger partial charge is 0.496 e. The normalized spacial score (nSPS) is 17.0. The van der Waals surface area contributed by atoms with Crippen LogP contribution in [0.3, 0.4) is 0 Å². The van der Waals surface area contributed by atoms with E-state index in [1.807, 2.05) is 6.08 Å². The monoisotopic (exact) mass is 253 g/mol. The van der Waals surface area contributed by atoms with E-state index in [9.17, 15) is 8.78 Å². The van der Waals surface area contributed by atoms with E-state index in [0.717, 1.165) is 18.9 Å². The van der Waals surface area contributed by atoms with Crippen LogP contribution in [0.5, 0.6) is 0 Å². The summed E-state index contributed by atoms with van der Waals surface area (Å²) in [5.74, 6) is -0.356. The second-order valence-corrected chi connectivity index (χ2v) is 4.44. The molecule has 0 saturated heterocycles. The zero-order valence-electron chi connectivity index (χ0n) is 10.6. The summed E-state index contributed by atoms with van der Waals surface area (Å²) in [6.07, 6.45) is 3.86. The van der Waals surface area contributed by atoms with E-state index in [4.69, 9.17) is 4.74 Å². The van der Waals surface area contributed by atoms with Crippen LogP contribution in [0, 0.1) is 18.6 Å². The second-order valence-electron chi connectivity index (χ2n) is 4.44. The molecule has 1 aromatic carbocycles. The fourth-order valence-electron chi connectivity index (χ4n) is 2.13. The summed E-state index contributed by atoms with van der Waals surface area (Å²) in [5, 5.41) is 3.02. The van der Waals surface area contributed by atoms with E-state index in [0.29, 0.717) is 23.5 Å². The molecule has 1 heterocycles. The molecule has 1 aromatic rings. The highest BCUT2D eigenvalue weighted by molar-refractivity contribution is 5.32. The topological polar surface area (TPSA) is 21.3 Å². The van der Waals surface area contributed by atoms with Gasteiger partial charge in [0.15, 0.2) is 0 Å². The molecule has 0 amide bonds. The Morgan fingerprint density at radius 2 is 2.06 bits per heavy atom. The van der Waals surface area contributed by atoms with Crippen molar-refractivity contribution in [3.8, 4) is 0 Å². The fraction of sp³-hybridized carbons (Fsp3) is 0.429. The van der Waals surface area contributed by atoms with Crippen LogP contribution < -0.4 is 5.32 Å². The maximum absolute atomic E-state index is 13.9. The third-order valence-corrected chi connectivity index (χ3v) is 3.12. The molecule has 1 unspecified atom stereocenters. The minimum atomic E-state index is -0.549. The van der Waals surface area contributed by atoms with Gasteiger partial charge in [0.25, 0.3) is 0 Å². The number of likely N-dealkylation sites (N-methyl/N-ethyl adjacent to an activating group) is 1. The Balaban J connectivity index is 2.38. The lowest BCUT2D eigenvalue weighted by atomic mass is 10.00. The molecule has 1 atom stereocenters. The van der Waals surface area contributed by atoms with Crippen molar-refractivity contribution < 1.29 is 13.5 Å². The van der Waals surface area contributed by atoms with Gasteiger partial charge in [-0.25, -0.2) is 8.78 Å². The SMILES string of the molecule is CNC(C1=CCCCO1)c1cc(C)c(F)cc1F. The van der Waals surface area contributed by atoms with E-state index < -0.39 is 11.6 Å². The Morgan fingerprint density at radius 1 is 1.28 bits per heavy atom. The van der Waals surface area contributed by atoms with Crippen LogP contribution in [0.2, 0.25) is 0 Å². The lowest BCUT2D eigenvalue weighted by Gasteiger charge is -2.24. The van der Waals surface area contributed by atoms with Crippen molar-refractivity contribution in [2.75, 3.05) is 13.7 Å².